The van der Waals surface area contributed by atoms with Crippen LogP contribution in [0, 0.1) is 5.92 Å². The number of carbonyl (C=O) groups excluding carboxylic acids is 1. The zero-order chi connectivity index (χ0) is 17.1. The maximum atomic E-state index is 11.2. The highest BCUT2D eigenvalue weighted by Gasteiger charge is 2.38. The Hall–Kier alpha value is -1.83. The van der Waals surface area contributed by atoms with Gasteiger partial charge in [0.1, 0.15) is 0 Å². The van der Waals surface area contributed by atoms with E-state index in [1.807, 2.05) is 13.8 Å². The fourth-order valence-electron chi connectivity index (χ4n) is 0.777. The van der Waals surface area contributed by atoms with Gasteiger partial charge in [-0.25, -0.2) is 4.79 Å². The van der Waals surface area contributed by atoms with E-state index in [1.165, 1.54) is 6.08 Å². The Labute approximate surface area is 121 Å². The SMILES string of the molecule is C=CCCNC(=O)/C=C/[C@@H](N)C(C)C.O=C(O)C(F)(F)F. The minimum atomic E-state index is -5.08. The van der Waals surface area contributed by atoms with Crippen molar-refractivity contribution in [2.24, 2.45) is 11.7 Å². The van der Waals surface area contributed by atoms with Gasteiger partial charge in [-0.05, 0) is 12.3 Å². The van der Waals surface area contributed by atoms with Crippen LogP contribution in [0.1, 0.15) is 20.3 Å². The highest BCUT2D eigenvalue weighted by Crippen LogP contribution is 2.13. The van der Waals surface area contributed by atoms with Crippen molar-refractivity contribution in [3.05, 3.63) is 24.8 Å². The molecule has 0 aromatic rings. The summed E-state index contributed by atoms with van der Waals surface area (Å²) in [4.78, 5) is 20.1. The molecule has 0 bridgehead atoms. The van der Waals surface area contributed by atoms with Crippen LogP contribution in [0.3, 0.4) is 0 Å². The molecule has 0 aromatic heterocycles. The quantitative estimate of drug-likeness (QED) is 0.396. The second kappa shape index (κ2) is 10.9. The van der Waals surface area contributed by atoms with Crippen molar-refractivity contribution in [3.63, 3.8) is 0 Å². The average molecular weight is 310 g/mol. The van der Waals surface area contributed by atoms with Crippen LogP contribution in [0.15, 0.2) is 24.8 Å². The molecule has 8 heteroatoms. The number of carboxylic acids is 1. The van der Waals surface area contributed by atoms with Crippen molar-refractivity contribution in [1.82, 2.24) is 5.32 Å². The number of alkyl halides is 3. The van der Waals surface area contributed by atoms with E-state index in [1.54, 1.807) is 12.2 Å². The van der Waals surface area contributed by atoms with Crippen LogP contribution in [0.4, 0.5) is 13.2 Å². The number of hydrogen-bond donors (Lipinski definition) is 3. The Balaban J connectivity index is 0. The van der Waals surface area contributed by atoms with Gasteiger partial charge in [-0.2, -0.15) is 13.2 Å². The highest BCUT2D eigenvalue weighted by molar-refractivity contribution is 5.87. The molecule has 4 N–H and O–H groups in total. The van der Waals surface area contributed by atoms with Crippen LogP contribution in [0.25, 0.3) is 0 Å². The number of aliphatic carboxylic acids is 1. The summed E-state index contributed by atoms with van der Waals surface area (Å²) in [5, 5.41) is 9.85. The second-order valence-corrected chi connectivity index (χ2v) is 4.35. The smallest absolute Gasteiger partial charge is 0.475 e. The first-order valence-corrected chi connectivity index (χ1v) is 6.15. The number of nitrogens with one attached hydrogen (secondary N) is 1. The summed E-state index contributed by atoms with van der Waals surface area (Å²) in [6.45, 7) is 8.23. The number of nitrogens with two attached hydrogens (primary N) is 1. The van der Waals surface area contributed by atoms with Gasteiger partial charge in [-0.15, -0.1) is 6.58 Å². The molecule has 0 heterocycles. The molecule has 0 aliphatic heterocycles. The minimum Gasteiger partial charge on any atom is -0.475 e. The highest BCUT2D eigenvalue weighted by atomic mass is 19.4. The lowest BCUT2D eigenvalue weighted by atomic mass is 10.1. The fourth-order valence-corrected chi connectivity index (χ4v) is 0.777. The molecule has 0 spiro atoms. The molecule has 0 aliphatic carbocycles. The Morgan fingerprint density at radius 2 is 1.86 bits per heavy atom. The van der Waals surface area contributed by atoms with E-state index in [-0.39, 0.29) is 11.9 Å². The topological polar surface area (TPSA) is 92.4 Å². The van der Waals surface area contributed by atoms with Gasteiger partial charge in [0.2, 0.25) is 5.91 Å². The van der Waals surface area contributed by atoms with Gasteiger partial charge < -0.3 is 16.2 Å². The molecular formula is C13H21F3N2O3. The average Bonchev–Trinajstić information content (AvgIpc) is 2.35. The zero-order valence-electron chi connectivity index (χ0n) is 12.0. The monoisotopic (exact) mass is 310 g/mol. The van der Waals surface area contributed by atoms with Gasteiger partial charge in [-0.3, -0.25) is 4.79 Å². The number of carboxylic acid groups (broad SMARTS) is 1. The summed E-state index contributed by atoms with van der Waals surface area (Å²) in [6.07, 6.45) is 0.696. The van der Waals surface area contributed by atoms with E-state index in [4.69, 9.17) is 15.6 Å². The van der Waals surface area contributed by atoms with Crippen LogP contribution < -0.4 is 11.1 Å². The first-order chi connectivity index (χ1) is 9.52. The van der Waals surface area contributed by atoms with E-state index in [9.17, 15) is 18.0 Å². The predicted molar refractivity (Wildman–Crippen MR) is 73.5 cm³/mol. The fraction of sp³-hybridized carbons (Fsp3) is 0.538. The summed E-state index contributed by atoms with van der Waals surface area (Å²) in [5.41, 5.74) is 5.74. The molecule has 5 nitrogen and oxygen atoms in total. The van der Waals surface area contributed by atoms with Gasteiger partial charge in [0.05, 0.1) is 0 Å². The van der Waals surface area contributed by atoms with Crippen molar-refractivity contribution < 1.29 is 27.9 Å². The summed E-state index contributed by atoms with van der Waals surface area (Å²) < 4.78 is 31.7. The Bertz CT molecular complexity index is 366. The third-order valence-electron chi connectivity index (χ3n) is 2.13. The van der Waals surface area contributed by atoms with Crippen LogP contribution in [0.5, 0.6) is 0 Å². The maximum Gasteiger partial charge on any atom is 0.490 e. The van der Waals surface area contributed by atoms with Gasteiger partial charge in [0.25, 0.3) is 0 Å². The van der Waals surface area contributed by atoms with E-state index in [2.05, 4.69) is 11.9 Å². The number of amides is 1. The lowest BCUT2D eigenvalue weighted by Crippen LogP contribution is -2.26. The molecule has 0 aliphatic rings. The largest absolute Gasteiger partial charge is 0.490 e. The zero-order valence-corrected chi connectivity index (χ0v) is 12.0. The Kier molecular flexibility index (Phi) is 11.1. The molecule has 0 unspecified atom stereocenters. The molecule has 1 atom stereocenters. The summed E-state index contributed by atoms with van der Waals surface area (Å²) in [5.74, 6) is -2.50. The summed E-state index contributed by atoms with van der Waals surface area (Å²) in [7, 11) is 0. The Morgan fingerprint density at radius 3 is 2.19 bits per heavy atom. The van der Waals surface area contributed by atoms with Crippen LogP contribution in [-0.4, -0.2) is 35.7 Å². The van der Waals surface area contributed by atoms with Crippen molar-refractivity contribution in [2.45, 2.75) is 32.5 Å². The molecule has 0 aromatic carbocycles. The van der Waals surface area contributed by atoms with Crippen molar-refractivity contribution in [2.75, 3.05) is 6.54 Å². The standard InChI is InChI=1S/C11H20N2O.C2HF3O2/c1-4-5-8-13-11(14)7-6-10(12)9(2)3;3-2(4,5)1(6)7/h4,6-7,9-10H,1,5,8,12H2,2-3H3,(H,13,14);(H,6,7)/b7-6+;/t10-;/m1./s1. The first kappa shape index (κ1) is 21.5. The maximum absolute atomic E-state index is 11.2. The minimum absolute atomic E-state index is 0.0554. The Morgan fingerprint density at radius 1 is 1.38 bits per heavy atom. The second-order valence-electron chi connectivity index (χ2n) is 4.35. The molecule has 1 amide bonds. The number of hydrogen-bond acceptors (Lipinski definition) is 3. The molecule has 0 rings (SSSR count). The van der Waals surface area contributed by atoms with Crippen LogP contribution in [0.2, 0.25) is 0 Å². The first-order valence-electron chi connectivity index (χ1n) is 6.15. The van der Waals surface area contributed by atoms with Crippen molar-refractivity contribution in [3.8, 4) is 0 Å². The van der Waals surface area contributed by atoms with Gasteiger partial charge in [-0.1, -0.05) is 26.0 Å². The number of rotatable bonds is 6. The summed E-state index contributed by atoms with van der Waals surface area (Å²) >= 11 is 0. The van der Waals surface area contributed by atoms with E-state index >= 15 is 0 Å². The normalized spacial score (nSPS) is 12.5. The van der Waals surface area contributed by atoms with Crippen molar-refractivity contribution >= 4 is 11.9 Å². The molecule has 0 saturated carbocycles. The summed E-state index contributed by atoms with van der Waals surface area (Å²) in [6, 6.07) is -0.0554. The van der Waals surface area contributed by atoms with Gasteiger partial charge in [0, 0.05) is 18.7 Å². The number of halogens is 3. The molecule has 21 heavy (non-hydrogen) atoms. The van der Waals surface area contributed by atoms with Crippen LogP contribution >= 0.6 is 0 Å². The van der Waals surface area contributed by atoms with E-state index in [0.29, 0.717) is 12.5 Å². The van der Waals surface area contributed by atoms with Gasteiger partial charge >= 0.3 is 12.1 Å². The third kappa shape index (κ3) is 14.4. The molecule has 0 fully saturated rings. The molecule has 0 radical (unpaired) electrons. The van der Waals surface area contributed by atoms with E-state index in [0.717, 1.165) is 6.42 Å². The number of carbonyl (C=O) groups is 2. The lowest BCUT2D eigenvalue weighted by molar-refractivity contribution is -0.192. The van der Waals surface area contributed by atoms with Crippen LogP contribution in [-0.2, 0) is 9.59 Å². The molecule has 0 saturated heterocycles. The van der Waals surface area contributed by atoms with E-state index < -0.39 is 12.1 Å². The third-order valence-corrected chi connectivity index (χ3v) is 2.13. The van der Waals surface area contributed by atoms with Crippen molar-refractivity contribution in [1.29, 1.82) is 0 Å². The predicted octanol–water partition coefficient (Wildman–Crippen LogP) is 1.85. The molecular weight excluding hydrogens is 289 g/mol. The van der Waals surface area contributed by atoms with Gasteiger partial charge in [0.15, 0.2) is 0 Å². The molecule has 122 valence electrons. The lowest BCUT2D eigenvalue weighted by Gasteiger charge is -2.09.